The third-order valence-corrected chi connectivity index (χ3v) is 2.66. The standard InChI is InChI=1S/C4H8BrINO4/c1-6-11-3-4(5,2-8)7(9)10/h8H,2-3H2,1H3/q-1. The van der Waals surface area contributed by atoms with Crippen LogP contribution in [-0.4, -0.2) is 32.6 Å². The van der Waals surface area contributed by atoms with Crippen molar-refractivity contribution in [3.8, 4) is 0 Å². The van der Waals surface area contributed by atoms with Crippen molar-refractivity contribution in [3.05, 3.63) is 10.1 Å². The summed E-state index contributed by atoms with van der Waals surface area (Å²) in [7, 11) is 0. The summed E-state index contributed by atoms with van der Waals surface area (Å²) in [5.74, 6) is 0. The number of nitro groups is 1. The fourth-order valence-corrected chi connectivity index (χ4v) is 1.66. The van der Waals surface area contributed by atoms with Crippen LogP contribution in [-0.2, 0) is 3.07 Å². The molecule has 0 bridgehead atoms. The van der Waals surface area contributed by atoms with Crippen molar-refractivity contribution in [2.75, 3.05) is 18.1 Å². The molecular weight excluding hydrogens is 333 g/mol. The number of hydrogen-bond donors (Lipinski definition) is 1. The first kappa shape index (κ1) is 11.5. The van der Waals surface area contributed by atoms with Crippen LogP contribution in [0.5, 0.6) is 0 Å². The third kappa shape index (κ3) is 3.63. The summed E-state index contributed by atoms with van der Waals surface area (Å²) < 4.78 is 3.40. The van der Waals surface area contributed by atoms with Crippen molar-refractivity contribution in [3.63, 3.8) is 0 Å². The molecule has 1 atom stereocenters. The maximum atomic E-state index is 10.3. The SMILES string of the molecule is C[I-]OCC(Br)(CO)[N+](=O)[O-]. The van der Waals surface area contributed by atoms with Gasteiger partial charge >= 0.3 is 83.4 Å². The van der Waals surface area contributed by atoms with Gasteiger partial charge in [-0.15, -0.1) is 0 Å². The number of aliphatic hydroxyl groups excluding tert-OH is 1. The van der Waals surface area contributed by atoms with Crippen molar-refractivity contribution in [1.82, 2.24) is 0 Å². The van der Waals surface area contributed by atoms with Crippen LogP contribution in [0.3, 0.4) is 0 Å². The molecule has 11 heavy (non-hydrogen) atoms. The summed E-state index contributed by atoms with van der Waals surface area (Å²) in [4.78, 5) is 11.5. The number of rotatable bonds is 5. The Balaban J connectivity index is 3.99. The van der Waals surface area contributed by atoms with Crippen molar-refractivity contribution < 1.29 is 34.7 Å². The van der Waals surface area contributed by atoms with E-state index in [0.29, 0.717) is 0 Å². The summed E-state index contributed by atoms with van der Waals surface area (Å²) in [5.41, 5.74) is 0. The van der Waals surface area contributed by atoms with Crippen LogP contribution >= 0.6 is 15.9 Å². The Labute approximate surface area is 83.2 Å². The number of alkyl halides is 2. The van der Waals surface area contributed by atoms with Gasteiger partial charge in [-0.05, 0) is 0 Å². The zero-order valence-electron chi connectivity index (χ0n) is 5.79. The molecular formula is C4H8BrINO4-. The molecule has 0 aromatic carbocycles. The molecule has 0 aromatic heterocycles. The van der Waals surface area contributed by atoms with Gasteiger partial charge in [0, 0.05) is 0 Å². The molecule has 0 saturated carbocycles. The average Bonchev–Trinajstić information content (AvgIpc) is 2.00. The summed E-state index contributed by atoms with van der Waals surface area (Å²) in [5, 5.41) is 18.9. The van der Waals surface area contributed by atoms with Gasteiger partial charge in [-0.3, -0.25) is 0 Å². The fraction of sp³-hybridized carbons (Fsp3) is 1.00. The number of hydrogen-bond acceptors (Lipinski definition) is 4. The molecule has 0 radical (unpaired) electrons. The summed E-state index contributed by atoms with van der Waals surface area (Å²) in [6.45, 7) is -0.649. The van der Waals surface area contributed by atoms with E-state index < -0.39 is 37.6 Å². The normalized spacial score (nSPS) is 16.3. The molecule has 0 aliphatic rings. The molecule has 0 saturated heterocycles. The van der Waals surface area contributed by atoms with Crippen LogP contribution in [0.15, 0.2) is 0 Å². The summed E-state index contributed by atoms with van der Waals surface area (Å²) >= 11 is 2.36. The van der Waals surface area contributed by atoms with E-state index in [1.165, 1.54) is 0 Å². The Morgan fingerprint density at radius 3 is 2.73 bits per heavy atom. The van der Waals surface area contributed by atoms with Crippen LogP contribution in [0.4, 0.5) is 0 Å². The van der Waals surface area contributed by atoms with E-state index in [-0.39, 0.29) is 6.61 Å². The monoisotopic (exact) mass is 340 g/mol. The van der Waals surface area contributed by atoms with E-state index in [1.807, 2.05) is 4.93 Å². The van der Waals surface area contributed by atoms with Crippen molar-refractivity contribution in [2.45, 2.75) is 4.45 Å². The molecule has 0 aromatic rings. The van der Waals surface area contributed by atoms with Gasteiger partial charge in [-0.25, -0.2) is 0 Å². The Kier molecular flexibility index (Phi) is 5.48. The fourth-order valence-electron chi connectivity index (χ4n) is 0.294. The number of nitrogens with zero attached hydrogens (tertiary/aromatic N) is 1. The molecule has 1 N–H and O–H groups in total. The second kappa shape index (κ2) is 5.22. The Bertz CT molecular complexity index is 146. The molecule has 0 aliphatic carbocycles. The first-order chi connectivity index (χ1) is 5.06. The first-order valence-electron chi connectivity index (χ1n) is 2.62. The molecule has 68 valence electrons. The van der Waals surface area contributed by atoms with Gasteiger partial charge in [0.2, 0.25) is 0 Å². The molecule has 5 nitrogen and oxygen atoms in total. The van der Waals surface area contributed by atoms with Gasteiger partial charge in [0.05, 0.1) is 0 Å². The zero-order chi connectivity index (χ0) is 8.91. The molecule has 0 amide bonds. The van der Waals surface area contributed by atoms with Crippen molar-refractivity contribution in [2.24, 2.45) is 0 Å². The second-order valence-corrected chi connectivity index (χ2v) is 4.72. The van der Waals surface area contributed by atoms with Gasteiger partial charge in [0.15, 0.2) is 0 Å². The van der Waals surface area contributed by atoms with E-state index in [1.54, 1.807) is 0 Å². The molecule has 0 rings (SSSR count). The quantitative estimate of drug-likeness (QED) is 0.190. The molecule has 1 unspecified atom stereocenters. The van der Waals surface area contributed by atoms with Crippen LogP contribution in [0, 0.1) is 10.1 Å². The van der Waals surface area contributed by atoms with Crippen molar-refractivity contribution >= 4 is 15.9 Å². The molecule has 0 aliphatic heterocycles. The van der Waals surface area contributed by atoms with Gasteiger partial charge < -0.3 is 0 Å². The summed E-state index contributed by atoms with van der Waals surface area (Å²) in [6, 6.07) is 0. The summed E-state index contributed by atoms with van der Waals surface area (Å²) in [6.07, 6.45) is 0. The van der Waals surface area contributed by atoms with Crippen molar-refractivity contribution in [1.29, 1.82) is 0 Å². The topological polar surface area (TPSA) is 72.6 Å². The first-order valence-corrected chi connectivity index (χ1v) is 6.45. The van der Waals surface area contributed by atoms with E-state index in [2.05, 4.69) is 15.9 Å². The van der Waals surface area contributed by atoms with Gasteiger partial charge in [0.1, 0.15) is 0 Å². The van der Waals surface area contributed by atoms with Crippen LogP contribution in [0.1, 0.15) is 0 Å². The zero-order valence-corrected chi connectivity index (χ0v) is 9.53. The Morgan fingerprint density at radius 2 is 2.45 bits per heavy atom. The molecule has 0 fully saturated rings. The molecule has 0 spiro atoms. The second-order valence-electron chi connectivity index (χ2n) is 1.74. The van der Waals surface area contributed by atoms with E-state index in [9.17, 15) is 10.1 Å². The third-order valence-electron chi connectivity index (χ3n) is 0.954. The number of aliphatic hydroxyl groups is 1. The van der Waals surface area contributed by atoms with Gasteiger partial charge in [-0.2, -0.15) is 0 Å². The van der Waals surface area contributed by atoms with Crippen LogP contribution in [0.2, 0.25) is 0 Å². The molecule has 7 heteroatoms. The predicted octanol–water partition coefficient (Wildman–Crippen LogP) is -3.00. The molecule has 0 heterocycles. The van der Waals surface area contributed by atoms with Gasteiger partial charge in [0.25, 0.3) is 0 Å². The Hall–Kier alpha value is 0.530. The maximum absolute atomic E-state index is 10.3. The Morgan fingerprint density at radius 1 is 1.91 bits per heavy atom. The van der Waals surface area contributed by atoms with Crippen LogP contribution < -0.4 is 21.6 Å². The minimum atomic E-state index is -1.51. The van der Waals surface area contributed by atoms with Crippen LogP contribution in [0.25, 0.3) is 0 Å². The van der Waals surface area contributed by atoms with E-state index in [0.717, 1.165) is 0 Å². The number of halogens is 2. The minimum absolute atomic E-state index is 0.0831. The predicted molar refractivity (Wildman–Crippen MR) is 37.6 cm³/mol. The van der Waals surface area contributed by atoms with Gasteiger partial charge in [-0.1, -0.05) is 0 Å². The van der Waals surface area contributed by atoms with E-state index >= 15 is 0 Å². The average molecular weight is 341 g/mol. The van der Waals surface area contributed by atoms with E-state index in [4.69, 9.17) is 8.17 Å².